The number of likely N-dealkylation sites (N-methyl/N-ethyl adjacent to an activating group) is 1. The van der Waals surface area contributed by atoms with Gasteiger partial charge < -0.3 is 19.5 Å². The topological polar surface area (TPSA) is 56.8 Å². The van der Waals surface area contributed by atoms with Crippen molar-refractivity contribution >= 4 is 5.97 Å². The first-order chi connectivity index (χ1) is 9.62. The summed E-state index contributed by atoms with van der Waals surface area (Å²) < 4.78 is 16.1. The number of carbonyl (C=O) groups is 1. The minimum absolute atomic E-state index is 0.160. The standard InChI is InChI=1S/C15H29NO4/c1-4-16-15(3,14(17)19-5-2)9-6-7-10-20-13-8-11-18-12-13/h13,16H,4-12H2,1-3H3. The summed E-state index contributed by atoms with van der Waals surface area (Å²) in [6.45, 7) is 9.20. The highest BCUT2D eigenvalue weighted by molar-refractivity contribution is 5.80. The predicted octanol–water partition coefficient (Wildman–Crippen LogP) is 1.89. The smallest absolute Gasteiger partial charge is 0.326 e. The van der Waals surface area contributed by atoms with Crippen LogP contribution < -0.4 is 5.32 Å². The largest absolute Gasteiger partial charge is 0.465 e. The second kappa shape index (κ2) is 9.32. The zero-order valence-electron chi connectivity index (χ0n) is 13.1. The minimum Gasteiger partial charge on any atom is -0.465 e. The molecule has 5 heteroatoms. The van der Waals surface area contributed by atoms with Gasteiger partial charge in [0.25, 0.3) is 0 Å². The average molecular weight is 287 g/mol. The summed E-state index contributed by atoms with van der Waals surface area (Å²) in [6, 6.07) is 0. The average Bonchev–Trinajstić information content (AvgIpc) is 2.92. The van der Waals surface area contributed by atoms with Gasteiger partial charge in [0.05, 0.1) is 19.3 Å². The molecule has 1 saturated heterocycles. The summed E-state index contributed by atoms with van der Waals surface area (Å²) in [7, 11) is 0. The predicted molar refractivity (Wildman–Crippen MR) is 77.7 cm³/mol. The van der Waals surface area contributed by atoms with Gasteiger partial charge in [-0.05, 0) is 46.1 Å². The van der Waals surface area contributed by atoms with Gasteiger partial charge >= 0.3 is 5.97 Å². The van der Waals surface area contributed by atoms with Crippen molar-refractivity contribution in [2.24, 2.45) is 0 Å². The number of rotatable bonds is 10. The van der Waals surface area contributed by atoms with Gasteiger partial charge in [-0.2, -0.15) is 0 Å². The maximum Gasteiger partial charge on any atom is 0.326 e. The molecule has 0 aromatic heterocycles. The first kappa shape index (κ1) is 17.4. The molecule has 20 heavy (non-hydrogen) atoms. The van der Waals surface area contributed by atoms with Gasteiger partial charge in [-0.3, -0.25) is 4.79 Å². The lowest BCUT2D eigenvalue weighted by Crippen LogP contribution is -2.50. The van der Waals surface area contributed by atoms with Crippen LogP contribution in [-0.2, 0) is 19.0 Å². The molecule has 1 N–H and O–H groups in total. The molecule has 0 spiro atoms. The van der Waals surface area contributed by atoms with Crippen molar-refractivity contribution in [1.29, 1.82) is 0 Å². The van der Waals surface area contributed by atoms with E-state index < -0.39 is 5.54 Å². The maximum atomic E-state index is 12.0. The van der Waals surface area contributed by atoms with Crippen LogP contribution in [0.1, 0.15) is 46.5 Å². The zero-order chi connectivity index (χ0) is 14.8. The van der Waals surface area contributed by atoms with Crippen LogP contribution in [0.15, 0.2) is 0 Å². The lowest BCUT2D eigenvalue weighted by atomic mass is 9.95. The number of carbonyl (C=O) groups excluding carboxylic acids is 1. The fraction of sp³-hybridized carbons (Fsp3) is 0.933. The third-order valence-electron chi connectivity index (χ3n) is 3.61. The fourth-order valence-electron chi connectivity index (χ4n) is 2.42. The van der Waals surface area contributed by atoms with E-state index >= 15 is 0 Å². The molecule has 0 aromatic rings. The molecule has 1 aliphatic heterocycles. The molecule has 1 heterocycles. The molecule has 1 fully saturated rings. The molecule has 0 bridgehead atoms. The van der Waals surface area contributed by atoms with Gasteiger partial charge in [0.1, 0.15) is 5.54 Å². The number of esters is 1. The van der Waals surface area contributed by atoms with Crippen LogP contribution in [0, 0.1) is 0 Å². The Bertz CT molecular complexity index is 279. The Morgan fingerprint density at radius 1 is 1.40 bits per heavy atom. The lowest BCUT2D eigenvalue weighted by Gasteiger charge is -2.28. The molecule has 2 atom stereocenters. The molecule has 0 radical (unpaired) electrons. The van der Waals surface area contributed by atoms with Gasteiger partial charge in [0.2, 0.25) is 0 Å². The van der Waals surface area contributed by atoms with Crippen molar-refractivity contribution in [3.8, 4) is 0 Å². The van der Waals surface area contributed by atoms with Crippen LogP contribution in [-0.4, -0.2) is 50.6 Å². The Morgan fingerprint density at radius 3 is 2.80 bits per heavy atom. The SMILES string of the molecule is CCNC(C)(CCCCOC1CCOC1)C(=O)OCC. The lowest BCUT2D eigenvalue weighted by molar-refractivity contribution is -0.150. The van der Waals surface area contributed by atoms with E-state index in [1.807, 2.05) is 20.8 Å². The minimum atomic E-state index is -0.582. The van der Waals surface area contributed by atoms with Gasteiger partial charge in [-0.15, -0.1) is 0 Å². The second-order valence-electron chi connectivity index (χ2n) is 5.40. The molecule has 2 unspecified atom stereocenters. The van der Waals surface area contributed by atoms with E-state index in [-0.39, 0.29) is 12.1 Å². The maximum absolute atomic E-state index is 12.0. The van der Waals surface area contributed by atoms with Crippen LogP contribution >= 0.6 is 0 Å². The normalized spacial score (nSPS) is 21.6. The molecule has 0 saturated carbocycles. The van der Waals surface area contributed by atoms with Crippen LogP contribution in [0.5, 0.6) is 0 Å². The van der Waals surface area contributed by atoms with E-state index in [0.29, 0.717) is 6.61 Å². The highest BCUT2D eigenvalue weighted by atomic mass is 16.5. The second-order valence-corrected chi connectivity index (χ2v) is 5.40. The Morgan fingerprint density at radius 2 is 2.20 bits per heavy atom. The third kappa shape index (κ3) is 5.77. The van der Waals surface area contributed by atoms with Crippen molar-refractivity contribution in [1.82, 2.24) is 5.32 Å². The van der Waals surface area contributed by atoms with Gasteiger partial charge in [-0.25, -0.2) is 0 Å². The van der Waals surface area contributed by atoms with E-state index in [4.69, 9.17) is 14.2 Å². The van der Waals surface area contributed by atoms with Gasteiger partial charge in [0.15, 0.2) is 0 Å². The molecule has 0 amide bonds. The Labute approximate surface area is 122 Å². The third-order valence-corrected chi connectivity index (χ3v) is 3.61. The van der Waals surface area contributed by atoms with Crippen LogP contribution in [0.2, 0.25) is 0 Å². The fourth-order valence-corrected chi connectivity index (χ4v) is 2.42. The molecule has 1 rings (SSSR count). The highest BCUT2D eigenvalue weighted by Crippen LogP contribution is 2.17. The first-order valence-electron chi connectivity index (χ1n) is 7.74. The summed E-state index contributed by atoms with van der Waals surface area (Å²) in [5, 5.41) is 3.24. The van der Waals surface area contributed by atoms with Crippen LogP contribution in [0.3, 0.4) is 0 Å². The monoisotopic (exact) mass is 287 g/mol. The summed E-state index contributed by atoms with van der Waals surface area (Å²) in [6.07, 6.45) is 3.93. The number of hydrogen-bond donors (Lipinski definition) is 1. The first-order valence-corrected chi connectivity index (χ1v) is 7.74. The van der Waals surface area contributed by atoms with Gasteiger partial charge in [0, 0.05) is 13.2 Å². The van der Waals surface area contributed by atoms with E-state index in [1.54, 1.807) is 0 Å². The van der Waals surface area contributed by atoms with E-state index in [9.17, 15) is 4.79 Å². The number of ether oxygens (including phenoxy) is 3. The zero-order valence-corrected chi connectivity index (χ0v) is 13.1. The summed E-state index contributed by atoms with van der Waals surface area (Å²) in [4.78, 5) is 12.0. The van der Waals surface area contributed by atoms with Crippen LogP contribution in [0.4, 0.5) is 0 Å². The summed E-state index contributed by atoms with van der Waals surface area (Å²) in [5.74, 6) is -0.160. The molecule has 5 nitrogen and oxygen atoms in total. The summed E-state index contributed by atoms with van der Waals surface area (Å²) in [5.41, 5.74) is -0.582. The van der Waals surface area contributed by atoms with Crippen molar-refractivity contribution in [3.05, 3.63) is 0 Å². The molecule has 0 aromatic carbocycles. The number of hydrogen-bond acceptors (Lipinski definition) is 5. The molecular weight excluding hydrogens is 258 g/mol. The molecule has 0 aliphatic carbocycles. The summed E-state index contributed by atoms with van der Waals surface area (Å²) >= 11 is 0. The number of nitrogens with one attached hydrogen (secondary N) is 1. The Kier molecular flexibility index (Phi) is 8.11. The van der Waals surface area contributed by atoms with E-state index in [1.165, 1.54) is 0 Å². The molecule has 118 valence electrons. The van der Waals surface area contributed by atoms with Crippen molar-refractivity contribution in [3.63, 3.8) is 0 Å². The molecular formula is C15H29NO4. The van der Waals surface area contributed by atoms with Crippen LogP contribution in [0.25, 0.3) is 0 Å². The van der Waals surface area contributed by atoms with Crippen molar-refractivity contribution in [2.45, 2.75) is 58.1 Å². The van der Waals surface area contributed by atoms with E-state index in [0.717, 1.165) is 52.0 Å². The van der Waals surface area contributed by atoms with Crippen molar-refractivity contribution in [2.75, 3.05) is 33.0 Å². The quantitative estimate of drug-likeness (QED) is 0.491. The Hall–Kier alpha value is -0.650. The Balaban J connectivity index is 2.22. The number of unbranched alkanes of at least 4 members (excludes halogenated alkanes) is 1. The van der Waals surface area contributed by atoms with Gasteiger partial charge in [-0.1, -0.05) is 6.92 Å². The van der Waals surface area contributed by atoms with E-state index in [2.05, 4.69) is 5.32 Å². The molecule has 1 aliphatic rings. The highest BCUT2D eigenvalue weighted by Gasteiger charge is 2.33. The van der Waals surface area contributed by atoms with Crippen molar-refractivity contribution < 1.29 is 19.0 Å².